The molecule has 0 atom stereocenters. The topological polar surface area (TPSA) is 113 Å². The van der Waals surface area contributed by atoms with Gasteiger partial charge in [0.2, 0.25) is 5.88 Å². The summed E-state index contributed by atoms with van der Waals surface area (Å²) in [5.41, 5.74) is -1.00. The van der Waals surface area contributed by atoms with Gasteiger partial charge < -0.3 is 13.8 Å². The first-order chi connectivity index (χ1) is 16.3. The Kier molecular flexibility index (Phi) is 6.59. The minimum atomic E-state index is -4.77. The number of rotatable bonds is 7. The normalized spacial score (nSPS) is 11.9. The van der Waals surface area contributed by atoms with Crippen molar-refractivity contribution in [2.45, 2.75) is 32.9 Å². The molecule has 4 rings (SSSR count). The van der Waals surface area contributed by atoms with Crippen molar-refractivity contribution in [1.82, 2.24) is 30.2 Å². The third-order valence-corrected chi connectivity index (χ3v) is 4.64. The second kappa shape index (κ2) is 9.59. The first kappa shape index (κ1) is 23.4. The number of aromatic nitrogens is 6. The zero-order chi connectivity index (χ0) is 24.3. The molecule has 0 aliphatic rings. The van der Waals surface area contributed by atoms with E-state index in [1.54, 1.807) is 0 Å². The number of hydrogen-bond donors (Lipinski definition) is 0. The number of pyridine rings is 2. The standard InChI is InChI=1S/C21H16ClF3N6O3/c1-3-15-28-17(33-30-15)6-5-11-9-26-10-13(19(11)21(23,24)25)32-18-8-12(7-14(22)27-18)20-29-16(4-2)31-34-20/h5-10H,3-4H2,1-2H3/b6-5+. The predicted molar refractivity (Wildman–Crippen MR) is 114 cm³/mol. The lowest BCUT2D eigenvalue weighted by Crippen LogP contribution is -2.10. The Bertz CT molecular complexity index is 1340. The molecule has 176 valence electrons. The highest BCUT2D eigenvalue weighted by Gasteiger charge is 2.37. The van der Waals surface area contributed by atoms with Crippen LogP contribution in [-0.4, -0.2) is 30.2 Å². The van der Waals surface area contributed by atoms with Gasteiger partial charge in [-0.2, -0.15) is 23.1 Å². The fourth-order valence-corrected chi connectivity index (χ4v) is 3.08. The maximum atomic E-state index is 14.0. The third kappa shape index (κ3) is 5.22. The summed E-state index contributed by atoms with van der Waals surface area (Å²) >= 11 is 6.05. The fourth-order valence-electron chi connectivity index (χ4n) is 2.88. The Morgan fingerprint density at radius 1 is 0.971 bits per heavy atom. The zero-order valence-corrected chi connectivity index (χ0v) is 18.6. The minimum Gasteiger partial charge on any atom is -0.437 e. The number of hydrogen-bond acceptors (Lipinski definition) is 9. The Hall–Kier alpha value is -3.80. The molecule has 13 heteroatoms. The van der Waals surface area contributed by atoms with Gasteiger partial charge in [-0.25, -0.2) is 4.98 Å². The summed E-state index contributed by atoms with van der Waals surface area (Å²) in [6.45, 7) is 3.66. The van der Waals surface area contributed by atoms with Crippen LogP contribution in [0.1, 0.15) is 42.5 Å². The quantitative estimate of drug-likeness (QED) is 0.301. The van der Waals surface area contributed by atoms with Crippen LogP contribution >= 0.6 is 11.6 Å². The molecule has 0 saturated carbocycles. The van der Waals surface area contributed by atoms with Gasteiger partial charge in [0.1, 0.15) is 10.7 Å². The van der Waals surface area contributed by atoms with E-state index in [1.165, 1.54) is 18.2 Å². The third-order valence-electron chi connectivity index (χ3n) is 4.45. The van der Waals surface area contributed by atoms with Crippen LogP contribution in [0.5, 0.6) is 11.6 Å². The van der Waals surface area contributed by atoms with Crippen LogP contribution in [0.25, 0.3) is 23.6 Å². The number of ether oxygens (including phenoxy) is 1. The van der Waals surface area contributed by atoms with Gasteiger partial charge in [0.25, 0.3) is 11.8 Å². The van der Waals surface area contributed by atoms with Gasteiger partial charge in [-0.3, -0.25) is 4.98 Å². The summed E-state index contributed by atoms with van der Waals surface area (Å²) in [5, 5.41) is 7.46. The van der Waals surface area contributed by atoms with E-state index >= 15 is 0 Å². The molecule has 0 amide bonds. The van der Waals surface area contributed by atoms with Gasteiger partial charge >= 0.3 is 6.18 Å². The molecule has 0 aliphatic heterocycles. The number of alkyl halides is 3. The van der Waals surface area contributed by atoms with Crippen LogP contribution in [0, 0.1) is 0 Å². The second-order valence-corrected chi connectivity index (χ2v) is 7.21. The van der Waals surface area contributed by atoms with Crippen LogP contribution in [0.3, 0.4) is 0 Å². The van der Waals surface area contributed by atoms with Crippen LogP contribution in [0.2, 0.25) is 5.15 Å². The van der Waals surface area contributed by atoms with E-state index < -0.39 is 17.5 Å². The van der Waals surface area contributed by atoms with E-state index in [-0.39, 0.29) is 28.4 Å². The van der Waals surface area contributed by atoms with Crippen molar-refractivity contribution in [2.75, 3.05) is 0 Å². The predicted octanol–water partition coefficient (Wildman–Crippen LogP) is 5.67. The first-order valence-corrected chi connectivity index (χ1v) is 10.4. The van der Waals surface area contributed by atoms with Gasteiger partial charge in [-0.1, -0.05) is 35.8 Å². The highest BCUT2D eigenvalue weighted by molar-refractivity contribution is 6.29. The van der Waals surface area contributed by atoms with Gasteiger partial charge in [0, 0.05) is 42.3 Å². The summed E-state index contributed by atoms with van der Waals surface area (Å²) in [4.78, 5) is 16.0. The summed E-state index contributed by atoms with van der Waals surface area (Å²) in [6, 6.07) is 2.77. The molecule has 4 aromatic heterocycles. The minimum absolute atomic E-state index is 0.0376. The summed E-state index contributed by atoms with van der Waals surface area (Å²) < 4.78 is 57.6. The molecule has 4 heterocycles. The monoisotopic (exact) mass is 492 g/mol. The van der Waals surface area contributed by atoms with Gasteiger partial charge in [0.05, 0.1) is 6.20 Å². The zero-order valence-electron chi connectivity index (χ0n) is 17.8. The van der Waals surface area contributed by atoms with E-state index in [1.807, 2.05) is 13.8 Å². The Morgan fingerprint density at radius 2 is 1.71 bits per heavy atom. The molecule has 0 fully saturated rings. The SMILES string of the molecule is CCc1noc(/C=C/c2cncc(Oc3cc(-c4nc(CC)no4)cc(Cl)n3)c2C(F)(F)F)n1. The highest BCUT2D eigenvalue weighted by Crippen LogP contribution is 2.41. The maximum absolute atomic E-state index is 14.0. The molecule has 34 heavy (non-hydrogen) atoms. The molecule has 9 nitrogen and oxygen atoms in total. The fraction of sp³-hybridized carbons (Fsp3) is 0.238. The molecule has 0 bridgehead atoms. The van der Waals surface area contributed by atoms with E-state index in [0.717, 1.165) is 18.5 Å². The number of nitrogens with zero attached hydrogens (tertiary/aromatic N) is 6. The van der Waals surface area contributed by atoms with E-state index in [9.17, 15) is 13.2 Å². The Balaban J connectivity index is 1.70. The van der Waals surface area contributed by atoms with Crippen molar-refractivity contribution in [3.63, 3.8) is 0 Å². The lowest BCUT2D eigenvalue weighted by molar-refractivity contribution is -0.138. The van der Waals surface area contributed by atoms with Crippen LogP contribution in [-0.2, 0) is 19.0 Å². The lowest BCUT2D eigenvalue weighted by atomic mass is 10.1. The summed E-state index contributed by atoms with van der Waals surface area (Å²) in [7, 11) is 0. The average Bonchev–Trinajstić information content (AvgIpc) is 3.46. The molecule has 0 N–H and O–H groups in total. The van der Waals surface area contributed by atoms with E-state index in [4.69, 9.17) is 25.4 Å². The molecular formula is C21H16ClF3N6O3. The molecule has 0 aromatic carbocycles. The van der Waals surface area contributed by atoms with Crippen molar-refractivity contribution < 1.29 is 27.0 Å². The van der Waals surface area contributed by atoms with Crippen molar-refractivity contribution in [3.05, 3.63) is 58.3 Å². The average molecular weight is 493 g/mol. The molecule has 0 saturated heterocycles. The molecule has 0 spiro atoms. The van der Waals surface area contributed by atoms with Crippen molar-refractivity contribution >= 4 is 23.8 Å². The largest absolute Gasteiger partial charge is 0.437 e. The Morgan fingerprint density at radius 3 is 2.38 bits per heavy atom. The van der Waals surface area contributed by atoms with Crippen molar-refractivity contribution in [2.24, 2.45) is 0 Å². The number of aryl methyl sites for hydroxylation is 2. The van der Waals surface area contributed by atoms with E-state index in [0.29, 0.717) is 30.1 Å². The van der Waals surface area contributed by atoms with Crippen LogP contribution in [0.4, 0.5) is 13.2 Å². The molecule has 0 aliphatic carbocycles. The van der Waals surface area contributed by atoms with Gasteiger partial charge in [-0.05, 0) is 12.1 Å². The number of halogens is 4. The van der Waals surface area contributed by atoms with Crippen molar-refractivity contribution in [3.8, 4) is 23.1 Å². The summed E-state index contributed by atoms with van der Waals surface area (Å²) in [5.74, 6) is 0.291. The first-order valence-electron chi connectivity index (χ1n) is 10.0. The van der Waals surface area contributed by atoms with Crippen LogP contribution < -0.4 is 4.74 Å². The smallest absolute Gasteiger partial charge is 0.420 e. The Labute approximate surface area is 195 Å². The van der Waals surface area contributed by atoms with Crippen LogP contribution in [0.15, 0.2) is 33.6 Å². The van der Waals surface area contributed by atoms with Crippen molar-refractivity contribution in [1.29, 1.82) is 0 Å². The summed E-state index contributed by atoms with van der Waals surface area (Å²) in [6.07, 6.45) is 0.697. The molecular weight excluding hydrogens is 477 g/mol. The maximum Gasteiger partial charge on any atom is 0.420 e. The molecule has 4 aromatic rings. The molecule has 0 radical (unpaired) electrons. The lowest BCUT2D eigenvalue weighted by Gasteiger charge is -2.15. The highest BCUT2D eigenvalue weighted by atomic mass is 35.5. The van der Waals surface area contributed by atoms with E-state index in [2.05, 4.69) is 30.2 Å². The second-order valence-electron chi connectivity index (χ2n) is 6.82. The van der Waals surface area contributed by atoms with Gasteiger partial charge in [-0.15, -0.1) is 0 Å². The molecule has 0 unspecified atom stereocenters. The van der Waals surface area contributed by atoms with Gasteiger partial charge in [0.15, 0.2) is 17.4 Å².